The molecule has 5 heteroatoms. The zero-order valence-corrected chi connectivity index (χ0v) is 14.9. The van der Waals surface area contributed by atoms with E-state index in [1.165, 1.54) is 11.8 Å². The van der Waals surface area contributed by atoms with Crippen LogP contribution in [-0.4, -0.2) is 32.5 Å². The van der Waals surface area contributed by atoms with Gasteiger partial charge in [0.1, 0.15) is 9.84 Å². The van der Waals surface area contributed by atoms with Crippen LogP contribution in [0.1, 0.15) is 32.8 Å². The van der Waals surface area contributed by atoms with E-state index in [9.17, 15) is 8.42 Å². The number of rotatable bonds is 7. The molecule has 0 spiro atoms. The molecule has 0 saturated carbocycles. The summed E-state index contributed by atoms with van der Waals surface area (Å²) in [5.41, 5.74) is 1.22. The maximum atomic E-state index is 11.4. The highest BCUT2D eigenvalue weighted by Crippen LogP contribution is 2.17. The van der Waals surface area contributed by atoms with Gasteiger partial charge in [-0.1, -0.05) is 23.7 Å². The summed E-state index contributed by atoms with van der Waals surface area (Å²) in [5.74, 6) is 0.525. The summed E-state index contributed by atoms with van der Waals surface area (Å²) < 4.78 is 22.8. The molecule has 1 aromatic rings. The fourth-order valence-electron chi connectivity index (χ4n) is 2.06. The molecule has 0 heterocycles. The van der Waals surface area contributed by atoms with Crippen molar-refractivity contribution in [3.05, 3.63) is 34.9 Å². The fraction of sp³-hybridized carbons (Fsp3) is 0.625. The van der Waals surface area contributed by atoms with E-state index in [1.54, 1.807) is 0 Å². The van der Waals surface area contributed by atoms with E-state index < -0.39 is 9.84 Å². The maximum Gasteiger partial charge on any atom is 0.147 e. The van der Waals surface area contributed by atoms with Crippen LogP contribution in [0.4, 0.5) is 0 Å². The summed E-state index contributed by atoms with van der Waals surface area (Å²) in [5, 5.41) is 4.19. The Morgan fingerprint density at radius 1 is 1.19 bits per heavy atom. The van der Waals surface area contributed by atoms with E-state index in [2.05, 4.69) is 26.1 Å². The Morgan fingerprint density at radius 3 is 2.24 bits per heavy atom. The van der Waals surface area contributed by atoms with Gasteiger partial charge < -0.3 is 5.32 Å². The molecule has 0 saturated heterocycles. The van der Waals surface area contributed by atoms with Crippen LogP contribution in [0.25, 0.3) is 0 Å². The number of nitrogens with one attached hydrogen (secondary N) is 1. The highest BCUT2D eigenvalue weighted by Gasteiger charge is 2.16. The maximum absolute atomic E-state index is 11.4. The zero-order chi connectivity index (χ0) is 16.1. The summed E-state index contributed by atoms with van der Waals surface area (Å²) in [6.45, 7) is 7.15. The van der Waals surface area contributed by atoms with Crippen molar-refractivity contribution in [3.8, 4) is 0 Å². The van der Waals surface area contributed by atoms with Crippen molar-refractivity contribution in [2.75, 3.05) is 18.6 Å². The van der Waals surface area contributed by atoms with E-state index in [4.69, 9.17) is 11.6 Å². The van der Waals surface area contributed by atoms with Crippen molar-refractivity contribution in [1.82, 2.24) is 5.32 Å². The van der Waals surface area contributed by atoms with Crippen LogP contribution in [0.3, 0.4) is 0 Å². The third-order valence-corrected chi connectivity index (χ3v) is 4.48. The topological polar surface area (TPSA) is 46.2 Å². The molecule has 0 aliphatic rings. The first-order valence-electron chi connectivity index (χ1n) is 7.22. The second-order valence-corrected chi connectivity index (χ2v) is 9.44. The lowest BCUT2D eigenvalue weighted by Crippen LogP contribution is -2.40. The van der Waals surface area contributed by atoms with E-state index in [-0.39, 0.29) is 11.3 Å². The molecule has 1 unspecified atom stereocenters. The molecule has 0 aliphatic heterocycles. The Kier molecular flexibility index (Phi) is 6.70. The molecule has 1 N–H and O–H groups in total. The molecule has 1 rings (SSSR count). The number of sulfone groups is 1. The van der Waals surface area contributed by atoms with Crippen LogP contribution in [0.2, 0.25) is 5.02 Å². The molecule has 3 nitrogen and oxygen atoms in total. The Morgan fingerprint density at radius 2 is 1.76 bits per heavy atom. The lowest BCUT2D eigenvalue weighted by atomic mass is 9.95. The van der Waals surface area contributed by atoms with Gasteiger partial charge >= 0.3 is 0 Å². The number of hydrogen-bond acceptors (Lipinski definition) is 3. The van der Waals surface area contributed by atoms with Crippen molar-refractivity contribution in [2.24, 2.45) is 5.92 Å². The third-order valence-electron chi connectivity index (χ3n) is 3.26. The molecule has 0 bridgehead atoms. The molecular formula is C16H26ClNO2S. The van der Waals surface area contributed by atoms with Gasteiger partial charge in [0.05, 0.1) is 5.75 Å². The lowest BCUT2D eigenvalue weighted by molar-refractivity contribution is 0.363. The minimum atomic E-state index is -2.92. The van der Waals surface area contributed by atoms with Gasteiger partial charge in [0, 0.05) is 16.8 Å². The Labute approximate surface area is 134 Å². The van der Waals surface area contributed by atoms with Crippen LogP contribution < -0.4 is 5.32 Å². The number of benzene rings is 1. The van der Waals surface area contributed by atoms with Gasteiger partial charge in [-0.05, 0) is 63.8 Å². The predicted octanol–water partition coefficient (Wildman–Crippen LogP) is 3.32. The molecule has 21 heavy (non-hydrogen) atoms. The Bertz CT molecular complexity index is 532. The van der Waals surface area contributed by atoms with Crippen molar-refractivity contribution >= 4 is 21.4 Å². The summed E-state index contributed by atoms with van der Waals surface area (Å²) >= 11 is 5.90. The van der Waals surface area contributed by atoms with Crippen molar-refractivity contribution in [2.45, 2.75) is 39.2 Å². The average Bonchev–Trinajstić information content (AvgIpc) is 2.33. The Balaban J connectivity index is 2.68. The van der Waals surface area contributed by atoms with Gasteiger partial charge in [0.2, 0.25) is 0 Å². The highest BCUT2D eigenvalue weighted by atomic mass is 35.5. The molecule has 1 aromatic carbocycles. The molecule has 0 aromatic heterocycles. The first kappa shape index (κ1) is 18.5. The van der Waals surface area contributed by atoms with Gasteiger partial charge in [0.25, 0.3) is 0 Å². The van der Waals surface area contributed by atoms with Crippen molar-refractivity contribution < 1.29 is 8.42 Å². The second kappa shape index (κ2) is 7.61. The van der Waals surface area contributed by atoms with Gasteiger partial charge in [-0.25, -0.2) is 8.42 Å². The first-order chi connectivity index (χ1) is 9.55. The van der Waals surface area contributed by atoms with Crippen molar-refractivity contribution in [3.63, 3.8) is 0 Å². The number of hydrogen-bond donors (Lipinski definition) is 1. The molecule has 1 atom stereocenters. The molecule has 0 aliphatic carbocycles. The Hall–Kier alpha value is -0.580. The normalized spacial score (nSPS) is 14.1. The van der Waals surface area contributed by atoms with Crippen LogP contribution in [0.15, 0.2) is 24.3 Å². The smallest absolute Gasteiger partial charge is 0.147 e. The molecule has 0 amide bonds. The van der Waals surface area contributed by atoms with Gasteiger partial charge in [-0.15, -0.1) is 0 Å². The standard InChI is InChI=1S/C16H26ClNO2S/c1-16(2,3)18-12-14(9-10-21(4,19)20)11-13-5-7-15(17)8-6-13/h5-8,14,18H,9-12H2,1-4H3. The van der Waals surface area contributed by atoms with Crippen molar-refractivity contribution in [1.29, 1.82) is 0 Å². The summed E-state index contributed by atoms with van der Waals surface area (Å²) in [6.07, 6.45) is 2.82. The SMILES string of the molecule is CC(C)(C)NCC(CCS(C)(=O)=O)Cc1ccc(Cl)cc1. The molecular weight excluding hydrogens is 306 g/mol. The largest absolute Gasteiger partial charge is 0.312 e. The van der Waals surface area contributed by atoms with Crippen LogP contribution in [-0.2, 0) is 16.3 Å². The van der Waals surface area contributed by atoms with E-state index >= 15 is 0 Å². The molecule has 120 valence electrons. The fourth-order valence-corrected chi connectivity index (χ4v) is 2.95. The third kappa shape index (κ3) is 9.12. The summed E-state index contributed by atoms with van der Waals surface area (Å²) in [6, 6.07) is 7.77. The number of halogens is 1. The highest BCUT2D eigenvalue weighted by molar-refractivity contribution is 7.90. The van der Waals surface area contributed by atoms with Crippen LogP contribution >= 0.6 is 11.6 Å². The predicted molar refractivity (Wildman–Crippen MR) is 90.7 cm³/mol. The molecule has 0 fully saturated rings. The average molecular weight is 332 g/mol. The quantitative estimate of drug-likeness (QED) is 0.833. The first-order valence-corrected chi connectivity index (χ1v) is 9.66. The van der Waals surface area contributed by atoms with Gasteiger partial charge in [0.15, 0.2) is 0 Å². The van der Waals surface area contributed by atoms with E-state index in [1.807, 2.05) is 24.3 Å². The van der Waals surface area contributed by atoms with E-state index in [0.717, 1.165) is 18.0 Å². The van der Waals surface area contributed by atoms with E-state index in [0.29, 0.717) is 12.3 Å². The van der Waals surface area contributed by atoms with Crippen LogP contribution in [0.5, 0.6) is 0 Å². The van der Waals surface area contributed by atoms with Gasteiger partial charge in [-0.3, -0.25) is 0 Å². The second-order valence-electron chi connectivity index (χ2n) is 6.75. The van der Waals surface area contributed by atoms with Gasteiger partial charge in [-0.2, -0.15) is 0 Å². The zero-order valence-electron chi connectivity index (χ0n) is 13.3. The lowest BCUT2D eigenvalue weighted by Gasteiger charge is -2.25. The van der Waals surface area contributed by atoms with Crippen LogP contribution in [0, 0.1) is 5.92 Å². The minimum Gasteiger partial charge on any atom is -0.312 e. The summed E-state index contributed by atoms with van der Waals surface area (Å²) in [7, 11) is -2.92. The summed E-state index contributed by atoms with van der Waals surface area (Å²) in [4.78, 5) is 0. The minimum absolute atomic E-state index is 0.0311. The monoisotopic (exact) mass is 331 g/mol. The molecule has 0 radical (unpaired) electrons.